The van der Waals surface area contributed by atoms with Crippen LogP contribution in [0.2, 0.25) is 0 Å². The molecular formula is C10H8F4N4S. The summed E-state index contributed by atoms with van der Waals surface area (Å²) in [5.41, 5.74) is 0.613. The van der Waals surface area contributed by atoms with Crippen molar-refractivity contribution >= 4 is 11.8 Å². The third-order valence-electron chi connectivity index (χ3n) is 2.18. The fourth-order valence-electron chi connectivity index (χ4n) is 1.34. The van der Waals surface area contributed by atoms with Crippen molar-refractivity contribution in [2.45, 2.75) is 17.1 Å². The van der Waals surface area contributed by atoms with Crippen molar-refractivity contribution in [3.8, 4) is 0 Å². The lowest BCUT2D eigenvalue weighted by molar-refractivity contribution is -0.146. The first-order valence-corrected chi connectivity index (χ1v) is 6.01. The Morgan fingerprint density at radius 3 is 2.58 bits per heavy atom. The largest absolute Gasteiger partial charge is 0.453 e. The van der Waals surface area contributed by atoms with Gasteiger partial charge >= 0.3 is 6.18 Å². The highest BCUT2D eigenvalue weighted by Crippen LogP contribution is 2.29. The number of nitrogens with zero attached hydrogens (tertiary/aromatic N) is 3. The van der Waals surface area contributed by atoms with Crippen LogP contribution >= 0.6 is 11.8 Å². The molecule has 9 heteroatoms. The molecule has 2 N–H and O–H groups in total. The zero-order valence-electron chi connectivity index (χ0n) is 9.36. The number of rotatable bonds is 3. The number of hydrogen-bond acceptors (Lipinski definition) is 4. The van der Waals surface area contributed by atoms with Gasteiger partial charge in [0.05, 0.1) is 0 Å². The summed E-state index contributed by atoms with van der Waals surface area (Å²) in [6.07, 6.45) is -4.65. The number of alkyl halides is 3. The van der Waals surface area contributed by atoms with E-state index in [-0.39, 0.29) is 10.9 Å². The molecule has 102 valence electrons. The Morgan fingerprint density at radius 1 is 1.26 bits per heavy atom. The molecule has 0 atom stereocenters. The van der Waals surface area contributed by atoms with E-state index >= 15 is 0 Å². The molecule has 2 aromatic rings. The molecular weight excluding hydrogens is 284 g/mol. The smallest absolute Gasteiger partial charge is 0.335 e. The van der Waals surface area contributed by atoms with Gasteiger partial charge in [-0.3, -0.25) is 0 Å². The van der Waals surface area contributed by atoms with Gasteiger partial charge in [0.2, 0.25) is 5.16 Å². The van der Waals surface area contributed by atoms with Gasteiger partial charge in [0.1, 0.15) is 5.82 Å². The molecule has 0 saturated carbocycles. The van der Waals surface area contributed by atoms with Gasteiger partial charge in [-0.05, 0) is 17.7 Å². The minimum absolute atomic E-state index is 0.0865. The maximum atomic E-state index is 12.9. The van der Waals surface area contributed by atoms with Crippen LogP contribution in [0.1, 0.15) is 11.4 Å². The highest BCUT2D eigenvalue weighted by molar-refractivity contribution is 7.98. The topological polar surface area (TPSA) is 56.7 Å². The van der Waals surface area contributed by atoms with Crippen LogP contribution in [0.15, 0.2) is 29.4 Å². The summed E-state index contributed by atoms with van der Waals surface area (Å²) >= 11 is 0.943. The zero-order chi connectivity index (χ0) is 14.0. The molecule has 0 radical (unpaired) electrons. The van der Waals surface area contributed by atoms with Crippen LogP contribution in [0, 0.1) is 5.82 Å². The number of benzene rings is 1. The van der Waals surface area contributed by atoms with Crippen LogP contribution in [0.3, 0.4) is 0 Å². The van der Waals surface area contributed by atoms with Gasteiger partial charge in [0.25, 0.3) is 5.82 Å². The van der Waals surface area contributed by atoms with E-state index in [1.807, 2.05) is 0 Å². The average molecular weight is 292 g/mol. The van der Waals surface area contributed by atoms with Gasteiger partial charge in [-0.15, -0.1) is 10.2 Å². The van der Waals surface area contributed by atoms with Crippen molar-refractivity contribution in [2.24, 2.45) is 0 Å². The molecule has 1 aromatic carbocycles. The normalized spacial score (nSPS) is 11.8. The highest BCUT2D eigenvalue weighted by atomic mass is 32.2. The molecule has 0 unspecified atom stereocenters. The number of thioether (sulfide) groups is 1. The molecule has 1 aromatic heterocycles. The standard InChI is InChI=1S/C10H8F4N4S/c11-7-3-1-2-6(4-7)5-19-9-17-16-8(18(9)15)10(12,13)14/h1-4H,5,15H2. The fourth-order valence-corrected chi connectivity index (χ4v) is 2.14. The van der Waals surface area contributed by atoms with Gasteiger partial charge in [0.15, 0.2) is 0 Å². The molecule has 2 rings (SSSR count). The lowest BCUT2D eigenvalue weighted by Crippen LogP contribution is -2.21. The number of hydrogen-bond donors (Lipinski definition) is 1. The van der Waals surface area contributed by atoms with Crippen LogP contribution in [-0.2, 0) is 11.9 Å². The summed E-state index contributed by atoms with van der Waals surface area (Å²) in [5.74, 6) is 3.82. The molecule has 0 bridgehead atoms. The Kier molecular flexibility index (Phi) is 3.65. The first-order chi connectivity index (χ1) is 8.88. The van der Waals surface area contributed by atoms with Crippen molar-refractivity contribution in [3.63, 3.8) is 0 Å². The van der Waals surface area contributed by atoms with Crippen molar-refractivity contribution in [3.05, 3.63) is 41.5 Å². The van der Waals surface area contributed by atoms with Gasteiger partial charge < -0.3 is 5.84 Å². The predicted molar refractivity (Wildman–Crippen MR) is 61.1 cm³/mol. The van der Waals surface area contributed by atoms with E-state index < -0.39 is 17.8 Å². The monoisotopic (exact) mass is 292 g/mol. The van der Waals surface area contributed by atoms with E-state index in [0.717, 1.165) is 11.8 Å². The summed E-state index contributed by atoms with van der Waals surface area (Å²) in [6, 6.07) is 5.73. The van der Waals surface area contributed by atoms with Crippen molar-refractivity contribution in [1.29, 1.82) is 0 Å². The summed E-state index contributed by atoms with van der Waals surface area (Å²) in [6.45, 7) is 0. The Morgan fingerprint density at radius 2 is 2.00 bits per heavy atom. The molecule has 0 aliphatic rings. The molecule has 0 saturated heterocycles. The minimum atomic E-state index is -4.65. The van der Waals surface area contributed by atoms with Crippen molar-refractivity contribution < 1.29 is 17.6 Å². The SMILES string of the molecule is Nn1c(SCc2cccc(F)c2)nnc1C(F)(F)F. The number of nitrogens with two attached hydrogens (primary N) is 1. The first-order valence-electron chi connectivity index (χ1n) is 5.03. The Balaban J connectivity index is 2.11. The number of nitrogen functional groups attached to an aromatic ring is 1. The van der Waals surface area contributed by atoms with Gasteiger partial charge in [-0.25, -0.2) is 9.07 Å². The second-order valence-electron chi connectivity index (χ2n) is 3.59. The summed E-state index contributed by atoms with van der Waals surface area (Å²) in [4.78, 5) is 0. The molecule has 0 aliphatic carbocycles. The third kappa shape index (κ3) is 3.16. The van der Waals surface area contributed by atoms with E-state index in [9.17, 15) is 17.6 Å². The number of halogens is 4. The van der Waals surface area contributed by atoms with Gasteiger partial charge in [0, 0.05) is 5.75 Å². The van der Waals surface area contributed by atoms with E-state index in [4.69, 9.17) is 5.84 Å². The van der Waals surface area contributed by atoms with Crippen LogP contribution in [0.25, 0.3) is 0 Å². The summed E-state index contributed by atoms with van der Waals surface area (Å²) in [5, 5.41) is 6.26. The van der Waals surface area contributed by atoms with Crippen LogP contribution in [-0.4, -0.2) is 14.9 Å². The van der Waals surface area contributed by atoms with E-state index in [1.54, 1.807) is 6.07 Å². The zero-order valence-corrected chi connectivity index (χ0v) is 10.2. The maximum Gasteiger partial charge on any atom is 0.453 e. The molecule has 0 aliphatic heterocycles. The van der Waals surface area contributed by atoms with E-state index in [2.05, 4.69) is 10.2 Å². The fraction of sp³-hybridized carbons (Fsp3) is 0.200. The lowest BCUT2D eigenvalue weighted by Gasteiger charge is -2.06. The quantitative estimate of drug-likeness (QED) is 0.536. The minimum Gasteiger partial charge on any atom is -0.335 e. The van der Waals surface area contributed by atoms with Crippen LogP contribution in [0.4, 0.5) is 17.6 Å². The van der Waals surface area contributed by atoms with Crippen LogP contribution in [0.5, 0.6) is 0 Å². The molecule has 0 fully saturated rings. The summed E-state index contributed by atoms with van der Waals surface area (Å²) < 4.78 is 50.5. The Bertz CT molecular complexity index is 581. The van der Waals surface area contributed by atoms with Gasteiger partial charge in [-0.2, -0.15) is 13.2 Å². The molecule has 4 nitrogen and oxygen atoms in total. The second kappa shape index (κ2) is 5.08. The van der Waals surface area contributed by atoms with Crippen LogP contribution < -0.4 is 5.84 Å². The second-order valence-corrected chi connectivity index (χ2v) is 4.54. The summed E-state index contributed by atoms with van der Waals surface area (Å²) in [7, 11) is 0. The van der Waals surface area contributed by atoms with Crippen molar-refractivity contribution in [2.75, 3.05) is 5.84 Å². The third-order valence-corrected chi connectivity index (χ3v) is 3.19. The van der Waals surface area contributed by atoms with Crippen molar-refractivity contribution in [1.82, 2.24) is 14.9 Å². The molecule has 0 amide bonds. The van der Waals surface area contributed by atoms with E-state index in [0.29, 0.717) is 10.2 Å². The highest BCUT2D eigenvalue weighted by Gasteiger charge is 2.38. The molecule has 0 spiro atoms. The first kappa shape index (κ1) is 13.7. The van der Waals surface area contributed by atoms with E-state index in [1.165, 1.54) is 18.2 Å². The molecule has 19 heavy (non-hydrogen) atoms. The average Bonchev–Trinajstić information content (AvgIpc) is 2.68. The Labute approximate surface area is 109 Å². The maximum absolute atomic E-state index is 12.9. The Hall–Kier alpha value is -1.77. The van der Waals surface area contributed by atoms with Gasteiger partial charge in [-0.1, -0.05) is 23.9 Å². The predicted octanol–water partition coefficient (Wildman–Crippen LogP) is 2.44. The molecule has 1 heterocycles. The number of aromatic nitrogens is 3. The lowest BCUT2D eigenvalue weighted by atomic mass is 10.2.